The molecule has 0 spiro atoms. The lowest BCUT2D eigenvalue weighted by molar-refractivity contribution is -0.133. The van der Waals surface area contributed by atoms with Gasteiger partial charge in [-0.15, -0.1) is 0 Å². The Hall–Kier alpha value is -3.72. The molecule has 3 aromatic rings. The standard InChI is InChI=1S/C20H17ClN6O3/c1-20(13-6-3-2-4-7-13)18(29)26(19(30)25-20)10-16(28)24-15-9-5-8-14(21)17(15)27-12-22-11-23-27/h2-9,11-12H,10H2,1H3,(H,24,28)(H,25,30). The fourth-order valence-corrected chi connectivity index (χ4v) is 3.57. The van der Waals surface area contributed by atoms with E-state index in [0.29, 0.717) is 22.0 Å². The second-order valence-electron chi connectivity index (χ2n) is 6.84. The van der Waals surface area contributed by atoms with Crippen LogP contribution in [-0.4, -0.2) is 44.1 Å². The van der Waals surface area contributed by atoms with Crippen molar-refractivity contribution in [3.63, 3.8) is 0 Å². The summed E-state index contributed by atoms with van der Waals surface area (Å²) in [5.74, 6) is -1.06. The number of anilines is 1. The Balaban J connectivity index is 1.54. The van der Waals surface area contributed by atoms with Gasteiger partial charge in [0.1, 0.15) is 30.4 Å². The number of imide groups is 1. The van der Waals surface area contributed by atoms with Gasteiger partial charge in [0.05, 0.1) is 10.7 Å². The number of halogens is 1. The maximum Gasteiger partial charge on any atom is 0.325 e. The van der Waals surface area contributed by atoms with E-state index in [1.54, 1.807) is 49.4 Å². The molecule has 4 rings (SSSR count). The molecular weight excluding hydrogens is 408 g/mol. The minimum atomic E-state index is -1.24. The van der Waals surface area contributed by atoms with Crippen LogP contribution in [0.3, 0.4) is 0 Å². The SMILES string of the molecule is CC1(c2ccccc2)NC(=O)N(CC(=O)Nc2cccc(Cl)c2-n2cncn2)C1=O. The third-order valence-corrected chi connectivity index (χ3v) is 5.14. The quantitative estimate of drug-likeness (QED) is 0.611. The number of aromatic nitrogens is 3. The third kappa shape index (κ3) is 3.39. The Labute approximate surface area is 176 Å². The topological polar surface area (TPSA) is 109 Å². The first kappa shape index (κ1) is 19.6. The van der Waals surface area contributed by atoms with Gasteiger partial charge in [-0.05, 0) is 24.6 Å². The van der Waals surface area contributed by atoms with Gasteiger partial charge in [-0.2, -0.15) is 5.10 Å². The molecule has 1 saturated heterocycles. The molecule has 0 radical (unpaired) electrons. The van der Waals surface area contributed by atoms with Crippen LogP contribution in [0.15, 0.2) is 61.2 Å². The number of hydrogen-bond donors (Lipinski definition) is 2. The number of para-hydroxylation sites is 1. The van der Waals surface area contributed by atoms with Crippen molar-refractivity contribution in [2.45, 2.75) is 12.5 Å². The lowest BCUT2D eigenvalue weighted by Gasteiger charge is -2.22. The maximum absolute atomic E-state index is 13.0. The van der Waals surface area contributed by atoms with Crippen molar-refractivity contribution in [2.75, 3.05) is 11.9 Å². The number of urea groups is 1. The number of rotatable bonds is 5. The number of carbonyl (C=O) groups excluding carboxylic acids is 3. The Kier molecular flexibility index (Phi) is 4.96. The average molecular weight is 425 g/mol. The van der Waals surface area contributed by atoms with Crippen molar-refractivity contribution in [3.05, 3.63) is 71.8 Å². The minimum Gasteiger partial charge on any atom is -0.323 e. The van der Waals surface area contributed by atoms with E-state index in [9.17, 15) is 14.4 Å². The zero-order chi connectivity index (χ0) is 21.3. The number of amides is 4. The van der Waals surface area contributed by atoms with E-state index < -0.39 is 29.9 Å². The van der Waals surface area contributed by atoms with Crippen LogP contribution >= 0.6 is 11.6 Å². The molecular formula is C20H17ClN6O3. The van der Waals surface area contributed by atoms with E-state index in [1.807, 2.05) is 6.07 Å². The molecule has 1 unspecified atom stereocenters. The zero-order valence-electron chi connectivity index (χ0n) is 15.9. The molecule has 0 aliphatic carbocycles. The van der Waals surface area contributed by atoms with Gasteiger partial charge in [0.15, 0.2) is 0 Å². The molecule has 1 aliphatic rings. The second-order valence-corrected chi connectivity index (χ2v) is 7.24. The maximum atomic E-state index is 13.0. The highest BCUT2D eigenvalue weighted by Gasteiger charge is 2.49. The predicted octanol–water partition coefficient (Wildman–Crippen LogP) is 2.33. The largest absolute Gasteiger partial charge is 0.325 e. The van der Waals surface area contributed by atoms with Crippen molar-refractivity contribution in [1.29, 1.82) is 0 Å². The lowest BCUT2D eigenvalue weighted by atomic mass is 9.92. The molecule has 1 aliphatic heterocycles. The molecule has 1 aromatic heterocycles. The summed E-state index contributed by atoms with van der Waals surface area (Å²) in [6.45, 7) is 1.16. The highest BCUT2D eigenvalue weighted by atomic mass is 35.5. The summed E-state index contributed by atoms with van der Waals surface area (Å²) in [6, 6.07) is 13.2. The van der Waals surface area contributed by atoms with Crippen LogP contribution < -0.4 is 10.6 Å². The Morgan fingerprint density at radius 3 is 2.63 bits per heavy atom. The number of nitrogens with one attached hydrogen (secondary N) is 2. The summed E-state index contributed by atoms with van der Waals surface area (Å²) < 4.78 is 1.41. The minimum absolute atomic E-state index is 0.352. The van der Waals surface area contributed by atoms with Gasteiger partial charge in [-0.25, -0.2) is 14.5 Å². The zero-order valence-corrected chi connectivity index (χ0v) is 16.6. The van der Waals surface area contributed by atoms with Gasteiger partial charge >= 0.3 is 6.03 Å². The van der Waals surface area contributed by atoms with Crippen LogP contribution in [0.1, 0.15) is 12.5 Å². The van der Waals surface area contributed by atoms with Crippen LogP contribution in [0.4, 0.5) is 10.5 Å². The van der Waals surface area contributed by atoms with Gasteiger partial charge in [0.2, 0.25) is 5.91 Å². The molecule has 4 amide bonds. The van der Waals surface area contributed by atoms with Gasteiger partial charge < -0.3 is 10.6 Å². The number of benzene rings is 2. The summed E-state index contributed by atoms with van der Waals surface area (Å²) in [7, 11) is 0. The van der Waals surface area contributed by atoms with Crippen molar-refractivity contribution in [1.82, 2.24) is 25.0 Å². The number of nitrogens with zero attached hydrogens (tertiary/aromatic N) is 4. The summed E-state index contributed by atoms with van der Waals surface area (Å²) in [6.07, 6.45) is 2.78. The van der Waals surface area contributed by atoms with E-state index >= 15 is 0 Å². The normalized spacial score (nSPS) is 18.4. The van der Waals surface area contributed by atoms with Crippen LogP contribution in [0, 0.1) is 0 Å². The first-order chi connectivity index (χ1) is 14.4. The molecule has 0 bridgehead atoms. The van der Waals surface area contributed by atoms with E-state index in [4.69, 9.17) is 11.6 Å². The van der Waals surface area contributed by atoms with Crippen molar-refractivity contribution < 1.29 is 14.4 Å². The van der Waals surface area contributed by atoms with Crippen LogP contribution in [0.25, 0.3) is 5.69 Å². The molecule has 2 aromatic carbocycles. The first-order valence-corrected chi connectivity index (χ1v) is 9.41. The van der Waals surface area contributed by atoms with Crippen molar-refractivity contribution >= 4 is 35.1 Å². The molecule has 1 atom stereocenters. The highest BCUT2D eigenvalue weighted by molar-refractivity contribution is 6.33. The second kappa shape index (κ2) is 7.60. The number of hydrogen-bond acceptors (Lipinski definition) is 5. The summed E-state index contributed by atoms with van der Waals surface area (Å²) in [4.78, 5) is 42.8. The van der Waals surface area contributed by atoms with Gasteiger partial charge in [-0.1, -0.05) is 48.0 Å². The Bertz CT molecular complexity index is 1120. The van der Waals surface area contributed by atoms with Gasteiger partial charge in [0.25, 0.3) is 5.91 Å². The van der Waals surface area contributed by atoms with Crippen LogP contribution in [0.5, 0.6) is 0 Å². The molecule has 30 heavy (non-hydrogen) atoms. The monoisotopic (exact) mass is 424 g/mol. The van der Waals surface area contributed by atoms with E-state index in [0.717, 1.165) is 4.90 Å². The Morgan fingerprint density at radius 1 is 1.17 bits per heavy atom. The predicted molar refractivity (Wildman–Crippen MR) is 109 cm³/mol. The lowest BCUT2D eigenvalue weighted by Crippen LogP contribution is -2.42. The third-order valence-electron chi connectivity index (χ3n) is 4.84. The summed E-state index contributed by atoms with van der Waals surface area (Å²) in [5, 5.41) is 9.75. The molecule has 2 heterocycles. The summed E-state index contributed by atoms with van der Waals surface area (Å²) in [5.41, 5.74) is 0.197. The molecule has 1 fully saturated rings. The molecule has 0 saturated carbocycles. The average Bonchev–Trinajstić information content (AvgIpc) is 3.32. The van der Waals surface area contributed by atoms with E-state index in [2.05, 4.69) is 20.7 Å². The molecule has 2 N–H and O–H groups in total. The fourth-order valence-electron chi connectivity index (χ4n) is 3.31. The van der Waals surface area contributed by atoms with Crippen LogP contribution in [-0.2, 0) is 15.1 Å². The van der Waals surface area contributed by atoms with E-state index in [-0.39, 0.29) is 0 Å². The highest BCUT2D eigenvalue weighted by Crippen LogP contribution is 2.30. The number of carbonyl (C=O) groups is 3. The van der Waals surface area contributed by atoms with Crippen LogP contribution in [0.2, 0.25) is 5.02 Å². The van der Waals surface area contributed by atoms with E-state index in [1.165, 1.54) is 17.3 Å². The van der Waals surface area contributed by atoms with Crippen molar-refractivity contribution in [3.8, 4) is 5.69 Å². The van der Waals surface area contributed by atoms with Gasteiger partial charge in [0, 0.05) is 0 Å². The fraction of sp³-hybridized carbons (Fsp3) is 0.150. The smallest absolute Gasteiger partial charge is 0.323 e. The first-order valence-electron chi connectivity index (χ1n) is 9.03. The Morgan fingerprint density at radius 2 is 1.93 bits per heavy atom. The summed E-state index contributed by atoms with van der Waals surface area (Å²) >= 11 is 6.26. The van der Waals surface area contributed by atoms with Crippen molar-refractivity contribution in [2.24, 2.45) is 0 Å². The van der Waals surface area contributed by atoms with Gasteiger partial charge in [-0.3, -0.25) is 14.5 Å². The molecule has 10 heteroatoms. The molecule has 152 valence electrons. The molecule has 9 nitrogen and oxygen atoms in total.